The van der Waals surface area contributed by atoms with Crippen molar-refractivity contribution >= 4 is 18.0 Å². The Morgan fingerprint density at radius 2 is 1.83 bits per heavy atom. The Kier molecular flexibility index (Phi) is 6.84. The third-order valence-corrected chi connectivity index (χ3v) is 3.14. The number of hydrogen-bond donors (Lipinski definition) is 2. The van der Waals surface area contributed by atoms with Crippen LogP contribution in [0.25, 0.3) is 0 Å². The highest BCUT2D eigenvalue weighted by Gasteiger charge is 2.35. The summed E-state index contributed by atoms with van der Waals surface area (Å²) in [5, 5.41) is 5.47. The summed E-state index contributed by atoms with van der Waals surface area (Å²) < 4.78 is 10.4. The molecule has 7 heteroatoms. The van der Waals surface area contributed by atoms with Crippen LogP contribution < -0.4 is 10.6 Å². The summed E-state index contributed by atoms with van der Waals surface area (Å²) >= 11 is 0. The highest BCUT2D eigenvalue weighted by atomic mass is 16.6. The van der Waals surface area contributed by atoms with Crippen LogP contribution in [0.5, 0.6) is 0 Å². The summed E-state index contributed by atoms with van der Waals surface area (Å²) in [6.07, 6.45) is 1.38. The van der Waals surface area contributed by atoms with Crippen LogP contribution in [0.15, 0.2) is 0 Å². The van der Waals surface area contributed by atoms with Gasteiger partial charge in [0.25, 0.3) is 5.91 Å². The maximum Gasteiger partial charge on any atom is 0.408 e. The lowest BCUT2D eigenvalue weighted by atomic mass is 10.0. The van der Waals surface area contributed by atoms with Crippen molar-refractivity contribution in [2.24, 2.45) is 0 Å². The van der Waals surface area contributed by atoms with Crippen molar-refractivity contribution in [1.29, 1.82) is 0 Å². The Balaban J connectivity index is 2.78. The van der Waals surface area contributed by atoms with Crippen molar-refractivity contribution in [1.82, 2.24) is 10.6 Å². The number of esters is 1. The average molecular weight is 328 g/mol. The monoisotopic (exact) mass is 328 g/mol. The fraction of sp³-hybridized carbons (Fsp3) is 0.812. The molecule has 132 valence electrons. The molecule has 0 aromatic rings. The molecule has 2 unspecified atom stereocenters. The third kappa shape index (κ3) is 7.85. The Hall–Kier alpha value is -1.79. The van der Waals surface area contributed by atoms with Gasteiger partial charge in [-0.25, -0.2) is 4.79 Å². The lowest BCUT2D eigenvalue weighted by Crippen LogP contribution is -2.53. The summed E-state index contributed by atoms with van der Waals surface area (Å²) in [7, 11) is 0. The molecule has 0 aliphatic heterocycles. The normalized spacial score (nSPS) is 16.9. The molecule has 0 aromatic heterocycles. The molecule has 1 rings (SSSR count). The van der Waals surface area contributed by atoms with Gasteiger partial charge in [0.1, 0.15) is 5.60 Å². The molecule has 23 heavy (non-hydrogen) atoms. The van der Waals surface area contributed by atoms with E-state index < -0.39 is 29.8 Å². The summed E-state index contributed by atoms with van der Waals surface area (Å²) in [5.41, 5.74) is -0.645. The minimum Gasteiger partial charge on any atom is -0.450 e. The Bertz CT molecular complexity index is 440. The van der Waals surface area contributed by atoms with Crippen molar-refractivity contribution in [3.05, 3.63) is 0 Å². The predicted molar refractivity (Wildman–Crippen MR) is 84.8 cm³/mol. The average Bonchev–Trinajstić information content (AvgIpc) is 3.16. The van der Waals surface area contributed by atoms with Gasteiger partial charge in [-0.3, -0.25) is 9.59 Å². The molecule has 2 N–H and O–H groups in total. The number of nitrogens with one attached hydrogen (secondary N) is 2. The van der Waals surface area contributed by atoms with Crippen molar-refractivity contribution in [2.75, 3.05) is 0 Å². The molecular formula is C16H28N2O5. The third-order valence-electron chi connectivity index (χ3n) is 3.14. The van der Waals surface area contributed by atoms with Crippen molar-refractivity contribution in [2.45, 2.75) is 84.1 Å². The van der Waals surface area contributed by atoms with E-state index in [9.17, 15) is 14.4 Å². The smallest absolute Gasteiger partial charge is 0.408 e. The van der Waals surface area contributed by atoms with E-state index in [-0.39, 0.29) is 11.9 Å². The largest absolute Gasteiger partial charge is 0.450 e. The molecule has 0 heterocycles. The highest BCUT2D eigenvalue weighted by molar-refractivity contribution is 5.85. The first-order chi connectivity index (χ1) is 10.6. The van der Waals surface area contributed by atoms with Crippen LogP contribution in [-0.4, -0.2) is 41.8 Å². The maximum atomic E-state index is 12.3. The highest BCUT2D eigenvalue weighted by Crippen LogP contribution is 2.20. The molecular weight excluding hydrogens is 300 g/mol. The number of carbonyl (C=O) groups is 3. The molecule has 0 saturated heterocycles. The van der Waals surface area contributed by atoms with Gasteiger partial charge >= 0.3 is 12.1 Å². The van der Waals surface area contributed by atoms with Crippen LogP contribution in [0.3, 0.4) is 0 Å². The van der Waals surface area contributed by atoms with Gasteiger partial charge in [-0.1, -0.05) is 13.3 Å². The van der Waals surface area contributed by atoms with Gasteiger partial charge in [0.2, 0.25) is 0 Å². The Morgan fingerprint density at radius 3 is 2.26 bits per heavy atom. The van der Waals surface area contributed by atoms with E-state index in [1.54, 1.807) is 20.8 Å². The lowest BCUT2D eigenvalue weighted by molar-refractivity contribution is -0.156. The molecule has 0 bridgehead atoms. The van der Waals surface area contributed by atoms with Crippen LogP contribution in [0.4, 0.5) is 4.79 Å². The zero-order chi connectivity index (χ0) is 17.6. The van der Waals surface area contributed by atoms with Gasteiger partial charge in [-0.2, -0.15) is 0 Å². The van der Waals surface area contributed by atoms with E-state index in [1.807, 2.05) is 6.92 Å². The summed E-state index contributed by atoms with van der Waals surface area (Å²) in [6.45, 7) is 8.43. The second-order valence-electron chi connectivity index (χ2n) is 6.85. The quantitative estimate of drug-likeness (QED) is 0.696. The van der Waals surface area contributed by atoms with Gasteiger partial charge in [-0.15, -0.1) is 0 Å². The molecule has 1 aliphatic carbocycles. The van der Waals surface area contributed by atoms with Gasteiger partial charge in [0, 0.05) is 13.0 Å². The topological polar surface area (TPSA) is 93.7 Å². The van der Waals surface area contributed by atoms with Crippen molar-refractivity contribution in [3.8, 4) is 0 Å². The van der Waals surface area contributed by atoms with Crippen molar-refractivity contribution < 1.29 is 23.9 Å². The Labute approximate surface area is 137 Å². The predicted octanol–water partition coefficient (Wildman–Crippen LogP) is 1.89. The number of alkyl carbamates (subject to hydrolysis) is 1. The number of hydrogen-bond acceptors (Lipinski definition) is 5. The Morgan fingerprint density at radius 1 is 1.22 bits per heavy atom. The number of amides is 2. The van der Waals surface area contributed by atoms with Gasteiger partial charge in [-0.05, 0) is 40.0 Å². The van der Waals surface area contributed by atoms with E-state index in [2.05, 4.69) is 10.6 Å². The first kappa shape index (κ1) is 19.3. The number of rotatable bonds is 7. The molecule has 2 amide bonds. The second-order valence-corrected chi connectivity index (χ2v) is 6.85. The molecule has 0 aromatic carbocycles. The molecule has 2 atom stereocenters. The summed E-state index contributed by atoms with van der Waals surface area (Å²) in [5.74, 6) is -0.940. The fourth-order valence-corrected chi connectivity index (χ4v) is 2.08. The minimum atomic E-state index is -1.06. The molecule has 1 saturated carbocycles. The molecule has 1 fully saturated rings. The number of carbonyl (C=O) groups excluding carboxylic acids is 3. The van der Waals surface area contributed by atoms with Crippen LogP contribution >= 0.6 is 0 Å². The summed E-state index contributed by atoms with van der Waals surface area (Å²) in [4.78, 5) is 35.7. The van der Waals surface area contributed by atoms with Gasteiger partial charge in [0.05, 0.1) is 6.04 Å². The lowest BCUT2D eigenvalue weighted by Gasteiger charge is -2.28. The van der Waals surface area contributed by atoms with E-state index >= 15 is 0 Å². The fourth-order valence-electron chi connectivity index (χ4n) is 2.08. The van der Waals surface area contributed by atoms with E-state index in [0.29, 0.717) is 6.42 Å². The maximum absolute atomic E-state index is 12.3. The van der Waals surface area contributed by atoms with Gasteiger partial charge in [0.15, 0.2) is 6.10 Å². The van der Waals surface area contributed by atoms with Crippen LogP contribution in [0.2, 0.25) is 0 Å². The van der Waals surface area contributed by atoms with E-state index in [1.165, 1.54) is 6.92 Å². The van der Waals surface area contributed by atoms with Gasteiger partial charge < -0.3 is 20.1 Å². The first-order valence-corrected chi connectivity index (χ1v) is 8.09. The minimum absolute atomic E-state index is 0.143. The second kappa shape index (κ2) is 8.17. The van der Waals surface area contributed by atoms with Crippen LogP contribution in [-0.2, 0) is 19.1 Å². The van der Waals surface area contributed by atoms with E-state index in [0.717, 1.165) is 19.3 Å². The number of ether oxygens (including phenoxy) is 2. The molecule has 7 nitrogen and oxygen atoms in total. The zero-order valence-electron chi connectivity index (χ0n) is 14.6. The SMILES string of the molecule is CCCC(NC(=O)OC(C)(C)C)C(OC(C)=O)C(=O)NC1CC1. The standard InChI is InChI=1S/C16H28N2O5/c1-6-7-12(18-15(21)23-16(3,4)5)13(22-10(2)19)14(20)17-11-8-9-11/h11-13H,6-9H2,1-5H3,(H,17,20)(H,18,21). The molecule has 0 radical (unpaired) electrons. The summed E-state index contributed by atoms with van der Waals surface area (Å²) in [6, 6.07) is -0.484. The first-order valence-electron chi connectivity index (χ1n) is 8.09. The molecule has 1 aliphatic rings. The van der Waals surface area contributed by atoms with E-state index in [4.69, 9.17) is 9.47 Å². The zero-order valence-corrected chi connectivity index (χ0v) is 14.6. The van der Waals surface area contributed by atoms with Crippen molar-refractivity contribution in [3.63, 3.8) is 0 Å². The van der Waals surface area contributed by atoms with Crippen LogP contribution in [0.1, 0.15) is 60.3 Å². The molecule has 0 spiro atoms. The van der Waals surface area contributed by atoms with Crippen LogP contribution in [0, 0.1) is 0 Å².